The van der Waals surface area contributed by atoms with Gasteiger partial charge in [-0.1, -0.05) is 59.6 Å². The van der Waals surface area contributed by atoms with Gasteiger partial charge in [-0.25, -0.2) is 4.39 Å². The molecule has 1 saturated heterocycles. The summed E-state index contributed by atoms with van der Waals surface area (Å²) in [7, 11) is 0. The molecule has 3 aromatic carbocycles. The Bertz CT molecular complexity index is 1330. The number of anilines is 1. The highest BCUT2D eigenvalue weighted by Gasteiger charge is 2.67. The van der Waals surface area contributed by atoms with Crippen LogP contribution in [0.5, 0.6) is 5.75 Å². The van der Waals surface area contributed by atoms with Gasteiger partial charge in [0.2, 0.25) is 0 Å². The standard InChI is InChI=1S/C25H20Cl2FN3O4/c1-13-21(23(31(33)34)25(30-13)16-7-3-5-9-20(16)29-24(25)32)15-10-17(26)22(18(27)11-15)35-12-14-6-2-4-8-19(14)28/h2-11,13,21,23,30H,12H2,1H3,(H,29,32)/t13-,21+,23-,25-/m0/s1. The average molecular weight is 516 g/mol. The molecular formula is C25H20Cl2FN3O4. The summed E-state index contributed by atoms with van der Waals surface area (Å²) >= 11 is 13.0. The molecule has 2 N–H and O–H groups in total. The van der Waals surface area contributed by atoms with Crippen LogP contribution in [0.3, 0.4) is 0 Å². The SMILES string of the molecule is C[C@@H]1N[C@]2(C(=O)Nc3ccccc32)[C@@H]([N+](=O)[O-])[C@H]1c1cc(Cl)c(OCc2ccccc2F)c(Cl)c1. The van der Waals surface area contributed by atoms with Gasteiger partial charge in [-0.05, 0) is 36.8 Å². The molecule has 1 fully saturated rings. The largest absolute Gasteiger partial charge is 0.486 e. The molecule has 10 heteroatoms. The molecule has 0 aliphatic carbocycles. The van der Waals surface area contributed by atoms with Crippen LogP contribution in [0.2, 0.25) is 10.0 Å². The Hall–Kier alpha value is -3.20. The van der Waals surface area contributed by atoms with Crippen LogP contribution in [-0.4, -0.2) is 22.9 Å². The maximum Gasteiger partial charge on any atom is 0.256 e. The summed E-state index contributed by atoms with van der Waals surface area (Å²) in [6.07, 6.45) is 0. The number of carbonyl (C=O) groups excluding carboxylic acids is 1. The predicted molar refractivity (Wildman–Crippen MR) is 130 cm³/mol. The van der Waals surface area contributed by atoms with Gasteiger partial charge < -0.3 is 10.1 Å². The summed E-state index contributed by atoms with van der Waals surface area (Å²) in [5.74, 6) is -1.47. The molecule has 180 valence electrons. The Balaban J connectivity index is 1.52. The highest BCUT2D eigenvalue weighted by atomic mass is 35.5. The first kappa shape index (κ1) is 23.5. The number of nitro groups is 1. The van der Waals surface area contributed by atoms with Crippen molar-refractivity contribution >= 4 is 34.8 Å². The van der Waals surface area contributed by atoms with E-state index in [1.165, 1.54) is 6.07 Å². The molecule has 2 aliphatic rings. The third-order valence-electron chi connectivity index (χ3n) is 6.70. The number of hydrogen-bond acceptors (Lipinski definition) is 5. The summed E-state index contributed by atoms with van der Waals surface area (Å²) in [6, 6.07) is 14.4. The Kier molecular flexibility index (Phi) is 5.91. The minimum absolute atomic E-state index is 0.0928. The number of rotatable bonds is 5. The number of para-hydroxylation sites is 1. The number of amides is 1. The molecule has 0 aromatic heterocycles. The first-order valence-electron chi connectivity index (χ1n) is 10.9. The lowest BCUT2D eigenvalue weighted by molar-refractivity contribution is -0.532. The third-order valence-corrected chi connectivity index (χ3v) is 7.26. The van der Waals surface area contributed by atoms with Gasteiger partial charge in [-0.15, -0.1) is 0 Å². The predicted octanol–water partition coefficient (Wildman–Crippen LogP) is 5.28. The fourth-order valence-electron chi connectivity index (χ4n) is 5.23. The lowest BCUT2D eigenvalue weighted by Crippen LogP contribution is -2.54. The van der Waals surface area contributed by atoms with Gasteiger partial charge >= 0.3 is 0 Å². The minimum Gasteiger partial charge on any atom is -0.486 e. The van der Waals surface area contributed by atoms with E-state index in [-0.39, 0.29) is 22.4 Å². The summed E-state index contributed by atoms with van der Waals surface area (Å²) in [4.78, 5) is 25.2. The Labute approximate surface area is 210 Å². The fourth-order valence-corrected chi connectivity index (χ4v) is 5.84. The number of nitrogens with one attached hydrogen (secondary N) is 2. The number of carbonyl (C=O) groups is 1. The smallest absolute Gasteiger partial charge is 0.256 e. The van der Waals surface area contributed by atoms with Crippen LogP contribution in [-0.2, 0) is 16.9 Å². The molecule has 3 aromatic rings. The van der Waals surface area contributed by atoms with Gasteiger partial charge in [0, 0.05) is 27.8 Å². The van der Waals surface area contributed by atoms with Gasteiger partial charge in [-0.3, -0.25) is 20.2 Å². The van der Waals surface area contributed by atoms with E-state index in [4.69, 9.17) is 27.9 Å². The first-order valence-corrected chi connectivity index (χ1v) is 11.7. The summed E-state index contributed by atoms with van der Waals surface area (Å²) in [5.41, 5.74) is 0.358. The van der Waals surface area contributed by atoms with E-state index in [0.717, 1.165) is 0 Å². The fraction of sp³-hybridized carbons (Fsp3) is 0.240. The van der Waals surface area contributed by atoms with Gasteiger partial charge in [0.25, 0.3) is 11.9 Å². The average Bonchev–Trinajstić information content (AvgIpc) is 3.28. The van der Waals surface area contributed by atoms with Crippen molar-refractivity contribution in [2.75, 3.05) is 5.32 Å². The van der Waals surface area contributed by atoms with Crippen molar-refractivity contribution in [1.29, 1.82) is 0 Å². The van der Waals surface area contributed by atoms with E-state index >= 15 is 0 Å². The van der Waals surface area contributed by atoms with E-state index in [0.29, 0.717) is 22.4 Å². The lowest BCUT2D eigenvalue weighted by atomic mass is 9.78. The van der Waals surface area contributed by atoms with Gasteiger partial charge in [0.1, 0.15) is 12.4 Å². The Morgan fingerprint density at radius 2 is 1.77 bits per heavy atom. The van der Waals surface area contributed by atoms with Gasteiger partial charge in [-0.2, -0.15) is 0 Å². The molecule has 1 amide bonds. The van der Waals surface area contributed by atoms with Crippen LogP contribution in [0.1, 0.15) is 29.5 Å². The molecular weight excluding hydrogens is 496 g/mol. The van der Waals surface area contributed by atoms with E-state index in [9.17, 15) is 19.3 Å². The molecule has 7 nitrogen and oxygen atoms in total. The van der Waals surface area contributed by atoms with Crippen molar-refractivity contribution < 1.29 is 18.8 Å². The molecule has 4 atom stereocenters. The molecule has 0 saturated carbocycles. The number of hydrogen-bond donors (Lipinski definition) is 2. The summed E-state index contributed by atoms with van der Waals surface area (Å²) in [6.45, 7) is 1.69. The molecule has 2 aliphatic heterocycles. The normalized spacial score (nSPS) is 24.9. The van der Waals surface area contributed by atoms with E-state index < -0.39 is 40.2 Å². The van der Waals surface area contributed by atoms with E-state index in [1.54, 1.807) is 61.5 Å². The summed E-state index contributed by atoms with van der Waals surface area (Å²) in [5, 5.41) is 18.7. The molecule has 35 heavy (non-hydrogen) atoms. The minimum atomic E-state index is -1.54. The quantitative estimate of drug-likeness (QED) is 0.356. The summed E-state index contributed by atoms with van der Waals surface area (Å²) < 4.78 is 19.6. The van der Waals surface area contributed by atoms with Crippen LogP contribution in [0.4, 0.5) is 10.1 Å². The highest BCUT2D eigenvalue weighted by molar-refractivity contribution is 6.37. The van der Waals surface area contributed by atoms with Crippen LogP contribution >= 0.6 is 23.2 Å². The number of nitrogens with zero attached hydrogens (tertiary/aromatic N) is 1. The zero-order valence-corrected chi connectivity index (χ0v) is 19.9. The maximum atomic E-state index is 14.0. The molecule has 2 heterocycles. The zero-order valence-electron chi connectivity index (χ0n) is 18.4. The van der Waals surface area contributed by atoms with Gasteiger partial charge in [0.15, 0.2) is 11.3 Å². The number of fused-ring (bicyclic) bond motifs is 2. The van der Waals surface area contributed by atoms with Crippen molar-refractivity contribution in [3.05, 3.63) is 103 Å². The van der Waals surface area contributed by atoms with Crippen molar-refractivity contribution in [2.45, 2.75) is 37.1 Å². The second-order valence-corrected chi connectivity index (χ2v) is 9.50. The highest BCUT2D eigenvalue weighted by Crippen LogP contribution is 2.50. The first-order chi connectivity index (χ1) is 16.7. The van der Waals surface area contributed by atoms with Gasteiger partial charge in [0.05, 0.1) is 16.0 Å². The number of ether oxygens (including phenoxy) is 1. The molecule has 0 bridgehead atoms. The van der Waals surface area contributed by atoms with Crippen LogP contribution in [0.15, 0.2) is 60.7 Å². The lowest BCUT2D eigenvalue weighted by Gasteiger charge is -2.25. The molecule has 5 rings (SSSR count). The van der Waals surface area contributed by atoms with E-state index in [1.807, 2.05) is 0 Å². The van der Waals surface area contributed by atoms with Crippen LogP contribution in [0.25, 0.3) is 0 Å². The topological polar surface area (TPSA) is 93.5 Å². The Morgan fingerprint density at radius 3 is 2.46 bits per heavy atom. The second-order valence-electron chi connectivity index (χ2n) is 8.69. The molecule has 1 spiro atoms. The third kappa shape index (κ3) is 3.73. The Morgan fingerprint density at radius 1 is 1.11 bits per heavy atom. The van der Waals surface area contributed by atoms with E-state index in [2.05, 4.69) is 10.6 Å². The number of halogens is 3. The zero-order chi connectivity index (χ0) is 24.9. The monoisotopic (exact) mass is 515 g/mol. The van der Waals surface area contributed by atoms with Crippen molar-refractivity contribution in [3.8, 4) is 5.75 Å². The molecule has 0 unspecified atom stereocenters. The van der Waals surface area contributed by atoms with Crippen molar-refractivity contribution in [1.82, 2.24) is 5.32 Å². The second kappa shape index (κ2) is 8.78. The molecule has 0 radical (unpaired) electrons. The number of benzene rings is 3. The van der Waals surface area contributed by atoms with Crippen molar-refractivity contribution in [2.24, 2.45) is 0 Å². The van der Waals surface area contributed by atoms with Crippen LogP contribution in [0, 0.1) is 15.9 Å². The van der Waals surface area contributed by atoms with Crippen molar-refractivity contribution in [3.63, 3.8) is 0 Å². The van der Waals surface area contributed by atoms with Crippen LogP contribution < -0.4 is 15.4 Å². The maximum absolute atomic E-state index is 14.0.